The second kappa shape index (κ2) is 8.43. The van der Waals surface area contributed by atoms with E-state index in [0.29, 0.717) is 12.4 Å². The fourth-order valence-electron chi connectivity index (χ4n) is 2.34. The maximum Gasteiger partial charge on any atom is 0.344 e. The summed E-state index contributed by atoms with van der Waals surface area (Å²) in [5, 5.41) is 5.37. The van der Waals surface area contributed by atoms with E-state index in [1.165, 1.54) is 5.56 Å². The molecule has 0 fully saturated rings. The second-order valence-electron chi connectivity index (χ2n) is 5.27. The molecular weight excluding hydrogens is 338 g/mol. The first kappa shape index (κ1) is 17.2. The summed E-state index contributed by atoms with van der Waals surface area (Å²) in [6.45, 7) is 2.83. The Bertz CT molecular complexity index is 833. The second-order valence-corrected chi connectivity index (χ2v) is 6.19. The number of anilines is 1. The zero-order chi connectivity index (χ0) is 17.5. The molecule has 130 valence electrons. The van der Waals surface area contributed by atoms with Crippen LogP contribution < -0.4 is 10.1 Å². The number of carbonyl (C=O) groups is 1. The van der Waals surface area contributed by atoms with Crippen LogP contribution >= 0.6 is 11.3 Å². The molecule has 3 rings (SSSR count). The molecule has 0 bridgehead atoms. The summed E-state index contributed by atoms with van der Waals surface area (Å²) in [7, 11) is 0. The molecule has 0 radical (unpaired) electrons. The number of aromatic nitrogens is 2. The van der Waals surface area contributed by atoms with Crippen molar-refractivity contribution in [2.24, 2.45) is 0 Å². The van der Waals surface area contributed by atoms with Crippen molar-refractivity contribution < 1.29 is 14.3 Å². The van der Waals surface area contributed by atoms with Crippen LogP contribution in [0.1, 0.15) is 12.5 Å². The number of nitrogens with one attached hydrogen (secondary N) is 1. The average Bonchev–Trinajstić information content (AvgIpc) is 3.11. The average molecular weight is 357 g/mol. The van der Waals surface area contributed by atoms with Crippen molar-refractivity contribution in [2.45, 2.75) is 13.3 Å². The van der Waals surface area contributed by atoms with E-state index < -0.39 is 0 Å². The fraction of sp³-hybridized carbons (Fsp3) is 0.278. The maximum atomic E-state index is 11.3. The van der Waals surface area contributed by atoms with E-state index >= 15 is 0 Å². The minimum atomic E-state index is -0.361. The van der Waals surface area contributed by atoms with E-state index in [1.807, 2.05) is 35.7 Å². The zero-order valence-electron chi connectivity index (χ0n) is 13.9. The molecule has 0 amide bonds. The molecule has 1 aromatic carbocycles. The van der Waals surface area contributed by atoms with Gasteiger partial charge in [0.05, 0.1) is 16.8 Å². The zero-order valence-corrected chi connectivity index (χ0v) is 14.7. The lowest BCUT2D eigenvalue weighted by Crippen LogP contribution is -2.14. The predicted octanol–water partition coefficient (Wildman–Crippen LogP) is 3.29. The van der Waals surface area contributed by atoms with Crippen molar-refractivity contribution in [1.29, 1.82) is 0 Å². The Hall–Kier alpha value is -2.67. The number of rotatable bonds is 8. The van der Waals surface area contributed by atoms with Crippen LogP contribution in [-0.4, -0.2) is 35.7 Å². The molecule has 2 aromatic heterocycles. The quantitative estimate of drug-likeness (QED) is 0.624. The van der Waals surface area contributed by atoms with Crippen molar-refractivity contribution in [3.05, 3.63) is 47.6 Å². The molecule has 1 N–H and O–H groups in total. The van der Waals surface area contributed by atoms with Gasteiger partial charge in [0.1, 0.15) is 17.9 Å². The molecule has 0 saturated heterocycles. The summed E-state index contributed by atoms with van der Waals surface area (Å²) in [6, 6.07) is 9.68. The molecule has 6 nitrogen and oxygen atoms in total. The topological polar surface area (TPSA) is 73.3 Å². The third-order valence-corrected chi connectivity index (χ3v) is 4.45. The van der Waals surface area contributed by atoms with Gasteiger partial charge in [-0.25, -0.2) is 14.8 Å². The summed E-state index contributed by atoms with van der Waals surface area (Å²) in [6.07, 6.45) is 2.43. The number of thiophene rings is 1. The minimum absolute atomic E-state index is 0.0702. The summed E-state index contributed by atoms with van der Waals surface area (Å²) in [5.41, 5.74) is 2.14. The summed E-state index contributed by atoms with van der Waals surface area (Å²) in [4.78, 5) is 19.8. The van der Waals surface area contributed by atoms with E-state index in [2.05, 4.69) is 15.3 Å². The van der Waals surface area contributed by atoms with Gasteiger partial charge in [0.2, 0.25) is 0 Å². The summed E-state index contributed by atoms with van der Waals surface area (Å²) >= 11 is 1.63. The van der Waals surface area contributed by atoms with Gasteiger partial charge in [0, 0.05) is 6.54 Å². The van der Waals surface area contributed by atoms with Crippen LogP contribution in [-0.2, 0) is 16.0 Å². The predicted molar refractivity (Wildman–Crippen MR) is 98.2 cm³/mol. The number of nitrogens with zero attached hydrogens (tertiary/aromatic N) is 2. The SMILES string of the molecule is CCOC(=O)COc1ccc(CCNc2ncnc3ccsc23)cc1. The molecule has 7 heteroatoms. The normalized spacial score (nSPS) is 10.6. The van der Waals surface area contributed by atoms with E-state index in [-0.39, 0.29) is 12.6 Å². The van der Waals surface area contributed by atoms with E-state index in [1.54, 1.807) is 24.6 Å². The number of carbonyl (C=O) groups excluding carboxylic acids is 1. The van der Waals surface area contributed by atoms with E-state index in [0.717, 1.165) is 29.0 Å². The molecule has 0 spiro atoms. The largest absolute Gasteiger partial charge is 0.482 e. The van der Waals surface area contributed by atoms with Gasteiger partial charge in [-0.1, -0.05) is 12.1 Å². The van der Waals surface area contributed by atoms with Crippen LogP contribution in [0.3, 0.4) is 0 Å². The van der Waals surface area contributed by atoms with Crippen molar-refractivity contribution in [3.8, 4) is 5.75 Å². The maximum absolute atomic E-state index is 11.3. The lowest BCUT2D eigenvalue weighted by atomic mass is 10.1. The number of ether oxygens (including phenoxy) is 2. The van der Waals surface area contributed by atoms with Gasteiger partial charge in [-0.15, -0.1) is 11.3 Å². The van der Waals surface area contributed by atoms with Gasteiger partial charge in [-0.05, 0) is 42.5 Å². The monoisotopic (exact) mass is 357 g/mol. The lowest BCUT2D eigenvalue weighted by Gasteiger charge is -2.08. The van der Waals surface area contributed by atoms with Gasteiger partial charge in [-0.3, -0.25) is 0 Å². The third-order valence-electron chi connectivity index (χ3n) is 3.53. The number of hydrogen-bond acceptors (Lipinski definition) is 7. The fourth-order valence-corrected chi connectivity index (χ4v) is 3.15. The van der Waals surface area contributed by atoms with Crippen molar-refractivity contribution in [1.82, 2.24) is 9.97 Å². The number of benzene rings is 1. The van der Waals surface area contributed by atoms with Crippen molar-refractivity contribution in [2.75, 3.05) is 25.1 Å². The Morgan fingerprint density at radius 1 is 1.20 bits per heavy atom. The van der Waals surface area contributed by atoms with Crippen LogP contribution in [0.25, 0.3) is 10.2 Å². The van der Waals surface area contributed by atoms with Crippen LogP contribution in [0, 0.1) is 0 Å². The van der Waals surface area contributed by atoms with Crippen LogP contribution in [0.4, 0.5) is 5.82 Å². The molecule has 0 unspecified atom stereocenters. The van der Waals surface area contributed by atoms with Crippen molar-refractivity contribution in [3.63, 3.8) is 0 Å². The first-order valence-corrected chi connectivity index (χ1v) is 8.93. The molecule has 0 aliphatic rings. The van der Waals surface area contributed by atoms with Gasteiger partial charge < -0.3 is 14.8 Å². The standard InChI is InChI=1S/C18H19N3O3S/c1-2-23-16(22)11-24-14-5-3-13(4-6-14)7-9-19-18-17-15(8-10-25-17)20-12-21-18/h3-6,8,10,12H,2,7,9,11H2,1H3,(H,19,20,21). The van der Waals surface area contributed by atoms with Gasteiger partial charge in [-0.2, -0.15) is 0 Å². The first-order chi connectivity index (χ1) is 12.3. The van der Waals surface area contributed by atoms with Crippen molar-refractivity contribution >= 4 is 33.3 Å². The molecule has 0 aliphatic heterocycles. The van der Waals surface area contributed by atoms with E-state index in [4.69, 9.17) is 9.47 Å². The number of fused-ring (bicyclic) bond motifs is 1. The Labute approximate surface area is 149 Å². The first-order valence-electron chi connectivity index (χ1n) is 8.05. The Morgan fingerprint density at radius 2 is 2.04 bits per heavy atom. The van der Waals surface area contributed by atoms with Gasteiger partial charge in [0.25, 0.3) is 0 Å². The third kappa shape index (κ3) is 4.67. The molecule has 0 atom stereocenters. The Morgan fingerprint density at radius 3 is 2.84 bits per heavy atom. The van der Waals surface area contributed by atoms with Crippen LogP contribution in [0.2, 0.25) is 0 Å². The summed E-state index contributed by atoms with van der Waals surface area (Å²) in [5.74, 6) is 1.16. The lowest BCUT2D eigenvalue weighted by molar-refractivity contribution is -0.145. The Kier molecular flexibility index (Phi) is 5.79. The van der Waals surface area contributed by atoms with Crippen LogP contribution in [0.5, 0.6) is 5.75 Å². The van der Waals surface area contributed by atoms with Gasteiger partial charge >= 0.3 is 5.97 Å². The molecule has 3 aromatic rings. The summed E-state index contributed by atoms with van der Waals surface area (Å²) < 4.78 is 11.3. The van der Waals surface area contributed by atoms with E-state index in [9.17, 15) is 4.79 Å². The number of esters is 1. The van der Waals surface area contributed by atoms with Crippen LogP contribution in [0.15, 0.2) is 42.0 Å². The molecule has 25 heavy (non-hydrogen) atoms. The Balaban J connectivity index is 1.49. The van der Waals surface area contributed by atoms with Gasteiger partial charge in [0.15, 0.2) is 6.61 Å². The highest BCUT2D eigenvalue weighted by Crippen LogP contribution is 2.24. The molecule has 2 heterocycles. The smallest absolute Gasteiger partial charge is 0.344 e. The highest BCUT2D eigenvalue weighted by molar-refractivity contribution is 7.17. The minimum Gasteiger partial charge on any atom is -0.482 e. The number of hydrogen-bond donors (Lipinski definition) is 1. The highest BCUT2D eigenvalue weighted by Gasteiger charge is 2.05. The molecule has 0 aliphatic carbocycles. The molecule has 0 saturated carbocycles. The highest BCUT2D eigenvalue weighted by atomic mass is 32.1. The molecular formula is C18H19N3O3S.